The van der Waals surface area contributed by atoms with Gasteiger partial charge in [-0.3, -0.25) is 4.99 Å². The number of rotatable bonds is 6. The summed E-state index contributed by atoms with van der Waals surface area (Å²) in [5.74, 6) is 0.840. The van der Waals surface area contributed by atoms with Crippen molar-refractivity contribution in [1.29, 1.82) is 0 Å². The maximum Gasteiger partial charge on any atom is 0.409 e. The minimum Gasteiger partial charge on any atom is -0.450 e. The summed E-state index contributed by atoms with van der Waals surface area (Å²) in [6.45, 7) is 6.90. The van der Waals surface area contributed by atoms with E-state index in [2.05, 4.69) is 27.3 Å². The van der Waals surface area contributed by atoms with E-state index in [-0.39, 0.29) is 6.09 Å². The lowest BCUT2D eigenvalue weighted by atomic mass is 10.2. The number of nitrogens with zero attached hydrogens (tertiary/aromatic N) is 3. The number of ether oxygens (including phenoxy) is 2. The van der Waals surface area contributed by atoms with Crippen LogP contribution in [0.15, 0.2) is 35.3 Å². The van der Waals surface area contributed by atoms with Gasteiger partial charge in [0.05, 0.1) is 19.8 Å². The van der Waals surface area contributed by atoms with Crippen molar-refractivity contribution in [3.05, 3.63) is 35.9 Å². The zero-order chi connectivity index (χ0) is 17.9. The van der Waals surface area contributed by atoms with E-state index in [0.717, 1.165) is 19.0 Å². The molecule has 0 aromatic heterocycles. The van der Waals surface area contributed by atoms with Crippen molar-refractivity contribution in [2.24, 2.45) is 4.99 Å². The van der Waals surface area contributed by atoms with Gasteiger partial charge in [-0.15, -0.1) is 0 Å². The second kappa shape index (κ2) is 10.6. The topological polar surface area (TPSA) is 66.4 Å². The molecule has 0 saturated carbocycles. The number of aliphatic imine (C=N–C) groups is 1. The summed E-state index contributed by atoms with van der Waals surface area (Å²) in [6, 6.07) is 10.1. The lowest BCUT2D eigenvalue weighted by Crippen LogP contribution is -2.54. The Morgan fingerprint density at radius 3 is 2.48 bits per heavy atom. The van der Waals surface area contributed by atoms with E-state index in [1.165, 1.54) is 5.56 Å². The fourth-order valence-corrected chi connectivity index (χ4v) is 2.65. The number of benzene rings is 1. The summed E-state index contributed by atoms with van der Waals surface area (Å²) < 4.78 is 10.7. The highest BCUT2D eigenvalue weighted by atomic mass is 16.6. The van der Waals surface area contributed by atoms with E-state index in [0.29, 0.717) is 39.5 Å². The Kier molecular flexibility index (Phi) is 8.04. The van der Waals surface area contributed by atoms with Crippen molar-refractivity contribution >= 4 is 12.1 Å². The first-order chi connectivity index (χ1) is 12.2. The van der Waals surface area contributed by atoms with Crippen molar-refractivity contribution in [2.75, 3.05) is 53.0 Å². The number of nitrogens with one attached hydrogen (secondary N) is 1. The third-order valence-electron chi connectivity index (χ3n) is 3.96. The van der Waals surface area contributed by atoms with E-state index >= 15 is 0 Å². The van der Waals surface area contributed by atoms with E-state index < -0.39 is 0 Å². The highest BCUT2D eigenvalue weighted by Gasteiger charge is 2.23. The molecule has 7 nitrogen and oxygen atoms in total. The third kappa shape index (κ3) is 6.26. The quantitative estimate of drug-likeness (QED) is 0.480. The first kappa shape index (κ1) is 19.1. The molecule has 1 amide bonds. The van der Waals surface area contributed by atoms with Crippen molar-refractivity contribution in [3.8, 4) is 0 Å². The minimum atomic E-state index is -0.237. The Bertz CT molecular complexity index is 543. The van der Waals surface area contributed by atoms with Gasteiger partial charge in [0.15, 0.2) is 5.96 Å². The summed E-state index contributed by atoms with van der Waals surface area (Å²) in [5, 5.41) is 3.31. The average Bonchev–Trinajstić information content (AvgIpc) is 2.66. The molecule has 138 valence electrons. The fourth-order valence-electron chi connectivity index (χ4n) is 2.65. The first-order valence-electron chi connectivity index (χ1n) is 8.73. The number of guanidine groups is 1. The smallest absolute Gasteiger partial charge is 0.409 e. The molecule has 0 radical (unpaired) electrons. The van der Waals surface area contributed by atoms with E-state index in [4.69, 9.17) is 9.47 Å². The molecule has 0 unspecified atom stereocenters. The summed E-state index contributed by atoms with van der Waals surface area (Å²) >= 11 is 0. The van der Waals surface area contributed by atoms with Crippen LogP contribution in [-0.4, -0.2) is 74.8 Å². The number of hydrogen-bond donors (Lipinski definition) is 1. The van der Waals surface area contributed by atoms with Crippen molar-refractivity contribution in [1.82, 2.24) is 15.1 Å². The minimum absolute atomic E-state index is 0.237. The molecule has 0 atom stereocenters. The highest BCUT2D eigenvalue weighted by Crippen LogP contribution is 2.04. The molecular weight excluding hydrogens is 320 g/mol. The molecule has 1 aromatic carbocycles. The van der Waals surface area contributed by atoms with Gasteiger partial charge < -0.3 is 24.6 Å². The maximum atomic E-state index is 11.7. The van der Waals surface area contributed by atoms with Crippen LogP contribution in [0.4, 0.5) is 4.79 Å². The van der Waals surface area contributed by atoms with Crippen molar-refractivity contribution < 1.29 is 14.3 Å². The second-order valence-electron chi connectivity index (χ2n) is 5.69. The van der Waals surface area contributed by atoms with Gasteiger partial charge in [-0.05, 0) is 12.5 Å². The molecule has 0 spiro atoms. The number of carbonyl (C=O) groups excluding carboxylic acids is 1. The Hall–Kier alpha value is -2.28. The van der Waals surface area contributed by atoms with Gasteiger partial charge in [0.2, 0.25) is 0 Å². The summed E-state index contributed by atoms with van der Waals surface area (Å²) in [6.07, 6.45) is -0.237. The summed E-state index contributed by atoms with van der Waals surface area (Å²) in [7, 11) is 1.77. The van der Waals surface area contributed by atoms with Crippen LogP contribution in [0.5, 0.6) is 0 Å². The second-order valence-corrected chi connectivity index (χ2v) is 5.69. The van der Waals surface area contributed by atoms with Gasteiger partial charge in [-0.25, -0.2) is 4.79 Å². The Morgan fingerprint density at radius 1 is 1.16 bits per heavy atom. The van der Waals surface area contributed by atoms with Gasteiger partial charge >= 0.3 is 6.09 Å². The van der Waals surface area contributed by atoms with E-state index in [9.17, 15) is 4.79 Å². The molecule has 0 aliphatic carbocycles. The maximum absolute atomic E-state index is 11.7. The largest absolute Gasteiger partial charge is 0.450 e. The van der Waals surface area contributed by atoms with Gasteiger partial charge in [0.1, 0.15) is 0 Å². The summed E-state index contributed by atoms with van der Waals surface area (Å²) in [4.78, 5) is 19.9. The lowest BCUT2D eigenvalue weighted by molar-refractivity contribution is 0.0911. The Morgan fingerprint density at radius 2 is 1.84 bits per heavy atom. The predicted octanol–water partition coefficient (Wildman–Crippen LogP) is 1.55. The molecule has 7 heteroatoms. The van der Waals surface area contributed by atoms with E-state index in [1.807, 2.05) is 25.1 Å². The molecule has 1 saturated heterocycles. The van der Waals surface area contributed by atoms with Crippen LogP contribution in [0, 0.1) is 0 Å². The van der Waals surface area contributed by atoms with Crippen molar-refractivity contribution in [3.63, 3.8) is 0 Å². The molecule has 1 aromatic rings. The number of piperazine rings is 1. The molecule has 1 heterocycles. The van der Waals surface area contributed by atoms with Gasteiger partial charge in [-0.1, -0.05) is 30.3 Å². The van der Waals surface area contributed by atoms with Crippen LogP contribution in [0.1, 0.15) is 12.5 Å². The number of amides is 1. The number of carbonyl (C=O) groups is 1. The Labute approximate surface area is 149 Å². The van der Waals surface area contributed by atoms with E-state index in [1.54, 1.807) is 11.9 Å². The third-order valence-corrected chi connectivity index (χ3v) is 3.96. The van der Waals surface area contributed by atoms with Crippen LogP contribution in [0.3, 0.4) is 0 Å². The first-order valence-corrected chi connectivity index (χ1v) is 8.73. The van der Waals surface area contributed by atoms with Crippen LogP contribution in [-0.2, 0) is 16.1 Å². The number of hydrogen-bond acceptors (Lipinski definition) is 4. The van der Waals surface area contributed by atoms with Crippen LogP contribution >= 0.6 is 0 Å². The molecule has 25 heavy (non-hydrogen) atoms. The van der Waals surface area contributed by atoms with Crippen LogP contribution in [0.25, 0.3) is 0 Å². The zero-order valence-corrected chi connectivity index (χ0v) is 15.1. The normalized spacial score (nSPS) is 15.2. The molecule has 1 aliphatic rings. The SMILES string of the molecule is CCOC(=O)N1CCN(C(=NC)NCCOCc2ccccc2)CC1. The summed E-state index contributed by atoms with van der Waals surface area (Å²) in [5.41, 5.74) is 1.17. The molecule has 2 rings (SSSR count). The van der Waals surface area contributed by atoms with Crippen molar-refractivity contribution in [2.45, 2.75) is 13.5 Å². The van der Waals surface area contributed by atoms with Crippen LogP contribution < -0.4 is 5.32 Å². The highest BCUT2D eigenvalue weighted by molar-refractivity contribution is 5.80. The average molecular weight is 348 g/mol. The van der Waals surface area contributed by atoms with Gasteiger partial charge in [-0.2, -0.15) is 0 Å². The zero-order valence-electron chi connectivity index (χ0n) is 15.1. The standard InChI is InChI=1S/C18H28N4O3/c1-3-25-18(23)22-12-10-21(11-13-22)17(19-2)20-9-14-24-15-16-7-5-4-6-8-16/h4-8H,3,9-15H2,1-2H3,(H,19,20). The molecule has 0 bridgehead atoms. The molecular formula is C18H28N4O3. The molecule has 1 aliphatic heterocycles. The molecule has 1 fully saturated rings. The Balaban J connectivity index is 1.65. The predicted molar refractivity (Wildman–Crippen MR) is 97.6 cm³/mol. The van der Waals surface area contributed by atoms with Gasteiger partial charge in [0, 0.05) is 39.8 Å². The fraction of sp³-hybridized carbons (Fsp3) is 0.556. The van der Waals surface area contributed by atoms with Gasteiger partial charge in [0.25, 0.3) is 0 Å². The monoisotopic (exact) mass is 348 g/mol. The molecule has 1 N–H and O–H groups in total. The lowest BCUT2D eigenvalue weighted by Gasteiger charge is -2.35. The van der Waals surface area contributed by atoms with Crippen LogP contribution in [0.2, 0.25) is 0 Å².